The minimum atomic E-state index is -4.73. The number of carbonyl (C=O) groups excluding carboxylic acids is 3. The van der Waals surface area contributed by atoms with E-state index in [1.807, 2.05) is 5.32 Å². The van der Waals surface area contributed by atoms with Crippen LogP contribution in [-0.2, 0) is 15.7 Å². The lowest BCUT2D eigenvalue weighted by Crippen LogP contribution is -2.44. The van der Waals surface area contributed by atoms with Crippen LogP contribution in [0, 0.1) is 5.82 Å². The van der Waals surface area contributed by atoms with Gasteiger partial charge in [-0.2, -0.15) is 18.3 Å². The zero-order valence-electron chi connectivity index (χ0n) is 21.7. The van der Waals surface area contributed by atoms with E-state index < -0.39 is 53.8 Å². The van der Waals surface area contributed by atoms with E-state index in [-0.39, 0.29) is 34.8 Å². The van der Waals surface area contributed by atoms with E-state index in [1.165, 1.54) is 41.3 Å². The number of aromatic nitrogens is 3. The van der Waals surface area contributed by atoms with E-state index in [2.05, 4.69) is 20.7 Å². The lowest BCUT2D eigenvalue weighted by Gasteiger charge is -2.15. The summed E-state index contributed by atoms with van der Waals surface area (Å²) in [6.07, 6.45) is -2.22. The Bertz CT molecular complexity index is 1640. The van der Waals surface area contributed by atoms with Crippen LogP contribution in [0.5, 0.6) is 0 Å². The number of nitrogens with zero attached hydrogens (tertiary/aromatic N) is 3. The Labute approximate surface area is 234 Å². The molecule has 4 rings (SSSR count). The maximum atomic E-state index is 14.0. The second kappa shape index (κ2) is 12.1. The number of rotatable bonds is 8. The van der Waals surface area contributed by atoms with E-state index in [9.17, 15) is 37.1 Å². The van der Waals surface area contributed by atoms with Crippen LogP contribution in [-0.4, -0.2) is 56.9 Å². The van der Waals surface area contributed by atoms with Gasteiger partial charge in [-0.05, 0) is 42.8 Å². The Morgan fingerprint density at radius 2 is 1.83 bits per heavy atom. The molecular formula is C26H23F4N7O5. The highest BCUT2D eigenvalue weighted by molar-refractivity contribution is 6.08. The third-order valence-electron chi connectivity index (χ3n) is 5.88. The molecule has 0 aliphatic heterocycles. The van der Waals surface area contributed by atoms with Crippen molar-refractivity contribution in [2.24, 2.45) is 0 Å². The third-order valence-corrected chi connectivity index (χ3v) is 5.88. The van der Waals surface area contributed by atoms with E-state index in [0.29, 0.717) is 23.8 Å². The van der Waals surface area contributed by atoms with Crippen molar-refractivity contribution < 1.29 is 41.8 Å². The van der Waals surface area contributed by atoms with E-state index in [0.717, 1.165) is 0 Å². The van der Waals surface area contributed by atoms with Crippen molar-refractivity contribution in [1.82, 2.24) is 19.9 Å². The van der Waals surface area contributed by atoms with Gasteiger partial charge in [0.25, 0.3) is 5.91 Å². The first-order valence-corrected chi connectivity index (χ1v) is 12.2. The Balaban J connectivity index is 1.60. The molecule has 2 aromatic carbocycles. The second-order valence-corrected chi connectivity index (χ2v) is 8.67. The molecule has 1 unspecified atom stereocenters. The van der Waals surface area contributed by atoms with Gasteiger partial charge >= 0.3 is 18.2 Å². The molecule has 6 N–H and O–H groups in total. The summed E-state index contributed by atoms with van der Waals surface area (Å²) < 4.78 is 59.1. The first-order chi connectivity index (χ1) is 19.9. The molecular weight excluding hydrogens is 566 g/mol. The number of carbonyl (C=O) groups is 3. The Morgan fingerprint density at radius 3 is 2.48 bits per heavy atom. The summed E-state index contributed by atoms with van der Waals surface area (Å²) in [5, 5.41) is 20.5. The van der Waals surface area contributed by atoms with Gasteiger partial charge in [0.05, 0.1) is 30.0 Å². The number of benzene rings is 2. The van der Waals surface area contributed by atoms with Crippen molar-refractivity contribution in [3.05, 3.63) is 71.9 Å². The zero-order valence-corrected chi connectivity index (χ0v) is 21.7. The highest BCUT2D eigenvalue weighted by Gasteiger charge is 2.31. The summed E-state index contributed by atoms with van der Waals surface area (Å²) in [5.41, 5.74) is 5.34. The van der Waals surface area contributed by atoms with Crippen molar-refractivity contribution in [1.29, 1.82) is 0 Å². The fourth-order valence-electron chi connectivity index (χ4n) is 3.96. The third kappa shape index (κ3) is 6.38. The van der Waals surface area contributed by atoms with Gasteiger partial charge in [0.1, 0.15) is 17.7 Å². The quantitative estimate of drug-likeness (QED) is 0.154. The number of anilines is 3. The largest absolute Gasteiger partial charge is 0.464 e. The fourth-order valence-corrected chi connectivity index (χ4v) is 3.96. The van der Waals surface area contributed by atoms with Crippen molar-refractivity contribution in [3.63, 3.8) is 0 Å². The number of nitrogens with one attached hydrogen (secondary N) is 3. The van der Waals surface area contributed by atoms with Gasteiger partial charge in [-0.25, -0.2) is 23.5 Å². The average Bonchev–Trinajstić information content (AvgIpc) is 3.34. The molecule has 0 spiro atoms. The van der Waals surface area contributed by atoms with Gasteiger partial charge in [-0.3, -0.25) is 4.79 Å². The second-order valence-electron chi connectivity index (χ2n) is 8.67. The normalized spacial score (nSPS) is 12.0. The van der Waals surface area contributed by atoms with E-state index >= 15 is 0 Å². The average molecular weight is 590 g/mol. The molecule has 16 heteroatoms. The molecule has 220 valence electrons. The number of aliphatic hydroxyl groups excluding tert-OH is 1. The van der Waals surface area contributed by atoms with Crippen LogP contribution in [0.15, 0.2) is 55.0 Å². The number of aliphatic hydroxyl groups is 1. The van der Waals surface area contributed by atoms with Crippen molar-refractivity contribution in [3.8, 4) is 11.1 Å². The number of fused-ring (bicyclic) bond motifs is 1. The maximum absolute atomic E-state index is 14.0. The van der Waals surface area contributed by atoms with Gasteiger partial charge in [-0.1, -0.05) is 12.1 Å². The lowest BCUT2D eigenvalue weighted by atomic mass is 10.0. The monoisotopic (exact) mass is 589 g/mol. The van der Waals surface area contributed by atoms with Crippen molar-refractivity contribution in [2.45, 2.75) is 19.1 Å². The number of esters is 1. The first-order valence-electron chi connectivity index (χ1n) is 12.2. The van der Waals surface area contributed by atoms with Gasteiger partial charge < -0.3 is 31.5 Å². The summed E-state index contributed by atoms with van der Waals surface area (Å²) >= 11 is 0. The summed E-state index contributed by atoms with van der Waals surface area (Å²) in [7, 11) is 0. The molecule has 0 radical (unpaired) electrons. The summed E-state index contributed by atoms with van der Waals surface area (Å²) in [6, 6.07) is 5.07. The Hall–Kier alpha value is -5.25. The standard InChI is InChI=1S/C26H23F4N7O5/c1-2-42-24(40)19(11-38)35-23(39)16-10-37-21(22(31)32-12-33-37)20(16)13-3-6-15(7-4-13)34-25(41)36-18-9-14(26(28,29)30)5-8-17(18)27/h3-10,12,19,38H,2,11H2,1H3,(H,35,39)(H2,31,32,33)(H2,34,36,41). The van der Waals surface area contributed by atoms with Crippen LogP contribution in [0.4, 0.5) is 39.5 Å². The molecule has 0 aliphatic rings. The molecule has 0 bridgehead atoms. The molecule has 0 saturated heterocycles. The van der Waals surface area contributed by atoms with Gasteiger partial charge in [-0.15, -0.1) is 0 Å². The van der Waals surface area contributed by atoms with Crippen LogP contribution in [0.3, 0.4) is 0 Å². The van der Waals surface area contributed by atoms with Crippen LogP contribution < -0.4 is 21.7 Å². The molecule has 0 saturated carbocycles. The SMILES string of the molecule is CCOC(=O)C(CO)NC(=O)c1cn2ncnc(N)c2c1-c1ccc(NC(=O)Nc2cc(C(F)(F)F)ccc2F)cc1. The van der Waals surface area contributed by atoms with Crippen LogP contribution >= 0.6 is 0 Å². The predicted molar refractivity (Wildman–Crippen MR) is 142 cm³/mol. The number of alkyl halides is 3. The molecule has 2 heterocycles. The Morgan fingerprint density at radius 1 is 1.12 bits per heavy atom. The number of ether oxygens (including phenoxy) is 1. The van der Waals surface area contributed by atoms with E-state index in [1.54, 1.807) is 6.92 Å². The Kier molecular flexibility index (Phi) is 8.56. The number of halogens is 4. The highest BCUT2D eigenvalue weighted by atomic mass is 19.4. The molecule has 0 fully saturated rings. The van der Waals surface area contributed by atoms with Crippen LogP contribution in [0.2, 0.25) is 0 Å². The molecule has 42 heavy (non-hydrogen) atoms. The van der Waals surface area contributed by atoms with E-state index in [4.69, 9.17) is 10.5 Å². The van der Waals surface area contributed by atoms with Crippen molar-refractivity contribution >= 4 is 40.6 Å². The van der Waals surface area contributed by atoms with Crippen LogP contribution in [0.1, 0.15) is 22.8 Å². The minimum Gasteiger partial charge on any atom is -0.464 e. The topological polar surface area (TPSA) is 173 Å². The summed E-state index contributed by atoms with van der Waals surface area (Å²) in [5.74, 6) is -2.64. The fraction of sp³-hybridized carbons (Fsp3) is 0.192. The first kappa shape index (κ1) is 29.7. The highest BCUT2D eigenvalue weighted by Crippen LogP contribution is 2.34. The summed E-state index contributed by atoms with van der Waals surface area (Å²) in [4.78, 5) is 41.6. The van der Waals surface area contributed by atoms with Gasteiger partial charge in [0.15, 0.2) is 11.9 Å². The number of hydrogen-bond donors (Lipinski definition) is 5. The molecule has 3 amide bonds. The molecule has 0 aliphatic carbocycles. The maximum Gasteiger partial charge on any atom is 0.416 e. The molecule has 2 aromatic heterocycles. The summed E-state index contributed by atoms with van der Waals surface area (Å²) in [6.45, 7) is 0.883. The molecule has 12 nitrogen and oxygen atoms in total. The van der Waals surface area contributed by atoms with Crippen molar-refractivity contribution in [2.75, 3.05) is 29.6 Å². The number of nitrogen functional groups attached to an aromatic ring is 1. The lowest BCUT2D eigenvalue weighted by molar-refractivity contribution is -0.146. The minimum absolute atomic E-state index is 0.0171. The zero-order chi connectivity index (χ0) is 30.6. The number of hydrogen-bond acceptors (Lipinski definition) is 8. The smallest absolute Gasteiger partial charge is 0.416 e. The number of nitrogens with two attached hydrogens (primary N) is 1. The predicted octanol–water partition coefficient (Wildman–Crippen LogP) is 3.43. The van der Waals surface area contributed by atoms with Gasteiger partial charge in [0, 0.05) is 17.4 Å². The van der Waals surface area contributed by atoms with Gasteiger partial charge in [0.2, 0.25) is 0 Å². The number of amides is 3. The van der Waals surface area contributed by atoms with Crippen LogP contribution in [0.25, 0.3) is 16.6 Å². The number of urea groups is 1. The molecule has 1 atom stereocenters. The molecule has 4 aromatic rings.